The molecule has 0 bridgehead atoms. The Morgan fingerprint density at radius 3 is 2.26 bits per heavy atom. The van der Waals surface area contributed by atoms with Crippen molar-refractivity contribution in [2.75, 3.05) is 6.54 Å². The number of benzene rings is 1. The topological polar surface area (TPSA) is 12.0 Å². The largest absolute Gasteiger partial charge is 0.310 e. The van der Waals surface area contributed by atoms with Crippen LogP contribution in [0.15, 0.2) is 18.2 Å². The van der Waals surface area contributed by atoms with Crippen LogP contribution in [0.1, 0.15) is 44.2 Å². The molecule has 19 heavy (non-hydrogen) atoms. The summed E-state index contributed by atoms with van der Waals surface area (Å²) in [7, 11) is 0. The minimum absolute atomic E-state index is 0.0788. The van der Waals surface area contributed by atoms with Crippen LogP contribution in [0.25, 0.3) is 0 Å². The van der Waals surface area contributed by atoms with Crippen LogP contribution in [0.4, 0.5) is 8.78 Å². The number of hydrogen-bond acceptors (Lipinski definition) is 1. The third kappa shape index (κ3) is 3.14. The molecule has 2 aliphatic carbocycles. The molecule has 1 nitrogen and oxygen atoms in total. The zero-order chi connectivity index (χ0) is 13.4. The number of nitrogens with one attached hydrogen (secondary N) is 1. The molecule has 1 aromatic rings. The molecule has 3 heteroatoms. The van der Waals surface area contributed by atoms with Crippen LogP contribution in [-0.2, 0) is 0 Å². The van der Waals surface area contributed by atoms with Crippen molar-refractivity contribution in [1.29, 1.82) is 0 Å². The SMILES string of the molecule is CC(NCC(C1CC1)C1CC1)c1ccc(F)c(F)c1. The molecule has 0 saturated heterocycles. The first-order valence-corrected chi connectivity index (χ1v) is 7.33. The Kier molecular flexibility index (Phi) is 3.57. The van der Waals surface area contributed by atoms with Gasteiger partial charge in [0.1, 0.15) is 0 Å². The van der Waals surface area contributed by atoms with Crippen LogP contribution in [0.2, 0.25) is 0 Å². The van der Waals surface area contributed by atoms with Crippen molar-refractivity contribution in [3.05, 3.63) is 35.4 Å². The van der Waals surface area contributed by atoms with Gasteiger partial charge in [0.15, 0.2) is 11.6 Å². The molecule has 1 unspecified atom stereocenters. The van der Waals surface area contributed by atoms with Crippen LogP contribution >= 0.6 is 0 Å². The van der Waals surface area contributed by atoms with E-state index in [1.807, 2.05) is 6.92 Å². The second-order valence-electron chi connectivity index (χ2n) is 6.14. The molecule has 3 rings (SSSR count). The fourth-order valence-electron chi connectivity index (χ4n) is 2.98. The van der Waals surface area contributed by atoms with Gasteiger partial charge in [0.2, 0.25) is 0 Å². The minimum atomic E-state index is -0.773. The fourth-order valence-corrected chi connectivity index (χ4v) is 2.98. The van der Waals surface area contributed by atoms with E-state index in [-0.39, 0.29) is 6.04 Å². The van der Waals surface area contributed by atoms with E-state index >= 15 is 0 Å². The van der Waals surface area contributed by atoms with Crippen molar-refractivity contribution in [3.63, 3.8) is 0 Å². The van der Waals surface area contributed by atoms with Crippen LogP contribution in [0, 0.1) is 29.4 Å². The lowest BCUT2D eigenvalue weighted by atomic mass is 9.97. The highest BCUT2D eigenvalue weighted by Gasteiger charge is 2.41. The van der Waals surface area contributed by atoms with Gasteiger partial charge in [-0.1, -0.05) is 6.07 Å². The third-order valence-corrected chi connectivity index (χ3v) is 4.56. The lowest BCUT2D eigenvalue weighted by Gasteiger charge is -2.20. The van der Waals surface area contributed by atoms with E-state index in [4.69, 9.17) is 0 Å². The van der Waals surface area contributed by atoms with Crippen molar-refractivity contribution in [2.45, 2.75) is 38.6 Å². The maximum Gasteiger partial charge on any atom is 0.159 e. The molecule has 0 heterocycles. The van der Waals surface area contributed by atoms with Gasteiger partial charge in [-0.25, -0.2) is 8.78 Å². The van der Waals surface area contributed by atoms with Gasteiger partial charge in [-0.15, -0.1) is 0 Å². The average Bonchev–Trinajstić information content (AvgIpc) is 3.26. The molecule has 1 N–H and O–H groups in total. The van der Waals surface area contributed by atoms with Gasteiger partial charge in [0, 0.05) is 6.04 Å². The van der Waals surface area contributed by atoms with Crippen LogP contribution in [-0.4, -0.2) is 6.54 Å². The lowest BCUT2D eigenvalue weighted by Crippen LogP contribution is -2.28. The predicted octanol–water partition coefficient (Wildman–Crippen LogP) is 4.05. The third-order valence-electron chi connectivity index (χ3n) is 4.56. The maximum atomic E-state index is 13.2. The highest BCUT2D eigenvalue weighted by molar-refractivity contribution is 5.20. The van der Waals surface area contributed by atoms with E-state index in [0.29, 0.717) is 0 Å². The van der Waals surface area contributed by atoms with Crippen LogP contribution < -0.4 is 5.32 Å². The Bertz CT molecular complexity index is 440. The number of halogens is 2. The molecule has 0 aliphatic heterocycles. The normalized spacial score (nSPS) is 20.8. The monoisotopic (exact) mass is 265 g/mol. The summed E-state index contributed by atoms with van der Waals surface area (Å²) < 4.78 is 26.1. The molecule has 2 saturated carbocycles. The minimum Gasteiger partial charge on any atom is -0.310 e. The van der Waals surface area contributed by atoms with E-state index in [1.165, 1.54) is 37.8 Å². The molecule has 1 aromatic carbocycles. The second-order valence-corrected chi connectivity index (χ2v) is 6.14. The molecular weight excluding hydrogens is 244 g/mol. The van der Waals surface area contributed by atoms with Crippen molar-refractivity contribution < 1.29 is 8.78 Å². The van der Waals surface area contributed by atoms with E-state index in [2.05, 4.69) is 5.32 Å². The zero-order valence-corrected chi connectivity index (χ0v) is 11.3. The summed E-state index contributed by atoms with van der Waals surface area (Å²) in [5.41, 5.74) is 0.823. The molecule has 2 aliphatic rings. The number of rotatable bonds is 6. The van der Waals surface area contributed by atoms with Gasteiger partial charge in [-0.3, -0.25) is 0 Å². The molecule has 104 valence electrons. The fraction of sp³-hybridized carbons (Fsp3) is 0.625. The first kappa shape index (κ1) is 13.0. The molecular formula is C16H21F2N. The van der Waals surface area contributed by atoms with Crippen LogP contribution in [0.5, 0.6) is 0 Å². The maximum absolute atomic E-state index is 13.2. The molecule has 0 radical (unpaired) electrons. The Balaban J connectivity index is 1.57. The standard InChI is InChI=1S/C16H21F2N/c1-10(13-6-7-15(17)16(18)8-13)19-9-14(11-2-3-11)12-4-5-12/h6-8,10-12,14,19H,2-5,9H2,1H3. The average molecular weight is 265 g/mol. The molecule has 2 fully saturated rings. The Labute approximate surface area is 113 Å². The smallest absolute Gasteiger partial charge is 0.159 e. The summed E-state index contributed by atoms with van der Waals surface area (Å²) in [5, 5.41) is 3.50. The highest BCUT2D eigenvalue weighted by atomic mass is 19.2. The second kappa shape index (κ2) is 5.20. The molecule has 0 amide bonds. The van der Waals surface area contributed by atoms with Gasteiger partial charge in [0.25, 0.3) is 0 Å². The molecule has 0 aromatic heterocycles. The lowest BCUT2D eigenvalue weighted by molar-refractivity contribution is 0.361. The Morgan fingerprint density at radius 2 is 1.74 bits per heavy atom. The predicted molar refractivity (Wildman–Crippen MR) is 71.7 cm³/mol. The van der Waals surface area contributed by atoms with Crippen molar-refractivity contribution in [2.24, 2.45) is 17.8 Å². The first-order chi connectivity index (χ1) is 9.15. The number of hydrogen-bond donors (Lipinski definition) is 1. The van der Waals surface area contributed by atoms with Crippen molar-refractivity contribution >= 4 is 0 Å². The molecule has 0 spiro atoms. The highest BCUT2D eigenvalue weighted by Crippen LogP contribution is 2.48. The zero-order valence-electron chi connectivity index (χ0n) is 11.3. The van der Waals surface area contributed by atoms with Gasteiger partial charge in [-0.2, -0.15) is 0 Å². The van der Waals surface area contributed by atoms with E-state index in [0.717, 1.165) is 29.9 Å². The summed E-state index contributed by atoms with van der Waals surface area (Å²) in [5.74, 6) is 1.10. The summed E-state index contributed by atoms with van der Waals surface area (Å²) in [6.07, 6.45) is 5.51. The van der Waals surface area contributed by atoms with Gasteiger partial charge >= 0.3 is 0 Å². The van der Waals surface area contributed by atoms with Gasteiger partial charge in [-0.05, 0) is 74.6 Å². The van der Waals surface area contributed by atoms with E-state index in [1.54, 1.807) is 6.07 Å². The Morgan fingerprint density at radius 1 is 1.11 bits per heavy atom. The van der Waals surface area contributed by atoms with Crippen molar-refractivity contribution in [3.8, 4) is 0 Å². The van der Waals surface area contributed by atoms with Crippen LogP contribution in [0.3, 0.4) is 0 Å². The van der Waals surface area contributed by atoms with Crippen molar-refractivity contribution in [1.82, 2.24) is 5.32 Å². The van der Waals surface area contributed by atoms with Gasteiger partial charge in [0.05, 0.1) is 0 Å². The molecule has 1 atom stereocenters. The summed E-state index contributed by atoms with van der Waals surface area (Å²) in [6, 6.07) is 4.26. The Hall–Kier alpha value is -0.960. The van der Waals surface area contributed by atoms with E-state index < -0.39 is 11.6 Å². The summed E-state index contributed by atoms with van der Waals surface area (Å²) in [6.45, 7) is 3.03. The van der Waals surface area contributed by atoms with E-state index in [9.17, 15) is 8.78 Å². The first-order valence-electron chi connectivity index (χ1n) is 7.33. The quantitative estimate of drug-likeness (QED) is 0.818. The summed E-state index contributed by atoms with van der Waals surface area (Å²) in [4.78, 5) is 0. The summed E-state index contributed by atoms with van der Waals surface area (Å²) >= 11 is 0. The van der Waals surface area contributed by atoms with Gasteiger partial charge < -0.3 is 5.32 Å².